The van der Waals surface area contributed by atoms with Gasteiger partial charge in [-0.1, -0.05) is 0 Å². The highest BCUT2D eigenvalue weighted by atomic mass is 79.9. The second kappa shape index (κ2) is 6.01. The molecule has 0 atom stereocenters. The highest BCUT2D eigenvalue weighted by Gasteiger charge is 2.14. The van der Waals surface area contributed by atoms with Crippen LogP contribution in [-0.2, 0) is 0 Å². The van der Waals surface area contributed by atoms with E-state index in [1.54, 1.807) is 26.0 Å². The summed E-state index contributed by atoms with van der Waals surface area (Å²) in [6, 6.07) is 6.04. The van der Waals surface area contributed by atoms with Crippen molar-refractivity contribution < 1.29 is 14.7 Å². The Hall–Kier alpha value is -2.28. The Morgan fingerprint density at radius 2 is 1.90 bits per heavy atom. The lowest BCUT2D eigenvalue weighted by Gasteiger charge is -2.10. The summed E-state index contributed by atoms with van der Waals surface area (Å²) in [6.07, 6.45) is 0. The monoisotopic (exact) mass is 349 g/mol. The zero-order valence-electron chi connectivity index (χ0n) is 11.3. The largest absolute Gasteiger partial charge is 0.478 e. The summed E-state index contributed by atoms with van der Waals surface area (Å²) in [6.45, 7) is 3.42. The zero-order chi connectivity index (χ0) is 15.6. The van der Waals surface area contributed by atoms with E-state index in [0.717, 1.165) is 0 Å². The zero-order valence-corrected chi connectivity index (χ0v) is 12.9. The van der Waals surface area contributed by atoms with Crippen LogP contribution in [0.2, 0.25) is 0 Å². The Kier molecular flexibility index (Phi) is 4.32. The number of rotatable bonds is 3. The van der Waals surface area contributed by atoms with Crippen LogP contribution in [0.25, 0.3) is 0 Å². The normalized spacial score (nSPS) is 10.2. The Morgan fingerprint density at radius 3 is 2.57 bits per heavy atom. The summed E-state index contributed by atoms with van der Waals surface area (Å²) < 4.78 is 0.595. The minimum absolute atomic E-state index is 0.0919. The van der Waals surface area contributed by atoms with Crippen LogP contribution in [0.1, 0.15) is 32.1 Å². The van der Waals surface area contributed by atoms with Gasteiger partial charge in [0.25, 0.3) is 5.91 Å². The molecule has 1 aromatic heterocycles. The van der Waals surface area contributed by atoms with Gasteiger partial charge in [0.1, 0.15) is 0 Å². The predicted octanol–water partition coefficient (Wildman–Crippen LogP) is 2.81. The van der Waals surface area contributed by atoms with E-state index in [-0.39, 0.29) is 11.5 Å². The molecule has 1 aromatic carbocycles. The van der Waals surface area contributed by atoms with E-state index in [4.69, 9.17) is 5.11 Å². The highest BCUT2D eigenvalue weighted by molar-refractivity contribution is 9.10. The van der Waals surface area contributed by atoms with Gasteiger partial charge in [-0.25, -0.2) is 4.79 Å². The third kappa shape index (κ3) is 3.43. The number of aromatic nitrogens is 2. The van der Waals surface area contributed by atoms with Gasteiger partial charge in [-0.2, -0.15) is 10.2 Å². The molecule has 0 unspecified atom stereocenters. The van der Waals surface area contributed by atoms with Crippen LogP contribution < -0.4 is 5.32 Å². The van der Waals surface area contributed by atoms with Gasteiger partial charge in [-0.05, 0) is 54.0 Å². The van der Waals surface area contributed by atoms with Crippen LogP contribution in [-0.4, -0.2) is 27.2 Å². The number of halogens is 1. The first-order valence-electron chi connectivity index (χ1n) is 6.03. The van der Waals surface area contributed by atoms with Crippen LogP contribution in [0.5, 0.6) is 0 Å². The van der Waals surface area contributed by atoms with Crippen molar-refractivity contribution in [3.63, 3.8) is 0 Å². The maximum Gasteiger partial charge on any atom is 0.335 e. The standard InChI is InChI=1S/C14H12BrN3O3/c1-7-5-10(8(2)18-17-7)13(19)16-12-6-9(14(20)21)3-4-11(12)15/h3-6H,1-2H3,(H,16,19)(H,20,21). The molecule has 6 nitrogen and oxygen atoms in total. The number of carboxylic acid groups (broad SMARTS) is 1. The number of aromatic carboxylic acids is 1. The van der Waals surface area contributed by atoms with Gasteiger partial charge in [0.15, 0.2) is 0 Å². The molecule has 0 aliphatic heterocycles. The summed E-state index contributed by atoms with van der Waals surface area (Å²) in [5, 5.41) is 19.4. The predicted molar refractivity (Wildman–Crippen MR) is 80.6 cm³/mol. The number of nitrogens with zero attached hydrogens (tertiary/aromatic N) is 2. The number of nitrogens with one attached hydrogen (secondary N) is 1. The van der Waals surface area contributed by atoms with Gasteiger partial charge in [0.2, 0.25) is 0 Å². The third-order valence-electron chi connectivity index (χ3n) is 2.81. The average Bonchev–Trinajstić information content (AvgIpc) is 2.43. The summed E-state index contributed by atoms with van der Waals surface area (Å²) in [5.41, 5.74) is 2.01. The van der Waals surface area contributed by atoms with Gasteiger partial charge >= 0.3 is 5.97 Å². The molecule has 108 valence electrons. The van der Waals surface area contributed by atoms with Gasteiger partial charge in [-0.3, -0.25) is 4.79 Å². The van der Waals surface area contributed by atoms with Crippen molar-refractivity contribution in [3.8, 4) is 0 Å². The van der Waals surface area contributed by atoms with Gasteiger partial charge in [0, 0.05) is 4.47 Å². The number of amides is 1. The smallest absolute Gasteiger partial charge is 0.335 e. The van der Waals surface area contributed by atoms with E-state index in [0.29, 0.717) is 27.1 Å². The summed E-state index contributed by atoms with van der Waals surface area (Å²) in [4.78, 5) is 23.2. The molecule has 0 spiro atoms. The van der Waals surface area contributed by atoms with Crippen molar-refractivity contribution in [2.45, 2.75) is 13.8 Å². The number of carbonyl (C=O) groups is 2. The number of carbonyl (C=O) groups excluding carboxylic acids is 1. The van der Waals surface area contributed by atoms with E-state index in [2.05, 4.69) is 31.4 Å². The fraction of sp³-hybridized carbons (Fsp3) is 0.143. The first kappa shape index (κ1) is 15.1. The van der Waals surface area contributed by atoms with Crippen LogP contribution >= 0.6 is 15.9 Å². The highest BCUT2D eigenvalue weighted by Crippen LogP contribution is 2.24. The van der Waals surface area contributed by atoms with Gasteiger partial charge in [0.05, 0.1) is 28.2 Å². The SMILES string of the molecule is Cc1cc(C(=O)Nc2cc(C(=O)O)ccc2Br)c(C)nn1. The molecule has 7 heteroatoms. The van der Waals surface area contributed by atoms with E-state index in [1.165, 1.54) is 12.1 Å². The molecule has 0 aliphatic carbocycles. The van der Waals surface area contributed by atoms with E-state index >= 15 is 0 Å². The van der Waals surface area contributed by atoms with Crippen LogP contribution in [0.3, 0.4) is 0 Å². The van der Waals surface area contributed by atoms with Crippen LogP contribution in [0.15, 0.2) is 28.7 Å². The quantitative estimate of drug-likeness (QED) is 0.888. The average molecular weight is 350 g/mol. The summed E-state index contributed by atoms with van der Waals surface area (Å²) >= 11 is 3.28. The van der Waals surface area contributed by atoms with Crippen LogP contribution in [0.4, 0.5) is 5.69 Å². The summed E-state index contributed by atoms with van der Waals surface area (Å²) in [7, 11) is 0. The maximum atomic E-state index is 12.3. The van der Waals surface area contributed by atoms with E-state index < -0.39 is 5.97 Å². The lowest BCUT2D eigenvalue weighted by molar-refractivity contribution is 0.0696. The third-order valence-corrected chi connectivity index (χ3v) is 3.50. The van der Waals surface area contributed by atoms with Crippen molar-refractivity contribution in [1.29, 1.82) is 0 Å². The first-order chi connectivity index (χ1) is 9.88. The van der Waals surface area contributed by atoms with Crippen molar-refractivity contribution in [3.05, 3.63) is 51.3 Å². The number of hydrogen-bond donors (Lipinski definition) is 2. The second-order valence-electron chi connectivity index (χ2n) is 4.44. The second-order valence-corrected chi connectivity index (χ2v) is 5.29. The minimum atomic E-state index is -1.06. The molecular formula is C14H12BrN3O3. The van der Waals surface area contributed by atoms with E-state index in [9.17, 15) is 9.59 Å². The topological polar surface area (TPSA) is 92.2 Å². The minimum Gasteiger partial charge on any atom is -0.478 e. The molecule has 1 amide bonds. The molecule has 0 aliphatic rings. The molecule has 0 fully saturated rings. The van der Waals surface area contributed by atoms with Gasteiger partial charge in [-0.15, -0.1) is 0 Å². The molecule has 0 radical (unpaired) electrons. The molecular weight excluding hydrogens is 338 g/mol. The molecule has 0 bridgehead atoms. The van der Waals surface area contributed by atoms with Crippen molar-refractivity contribution >= 4 is 33.5 Å². The Labute approximate surface area is 129 Å². The summed E-state index contributed by atoms with van der Waals surface area (Å²) in [5.74, 6) is -1.43. The molecule has 2 aromatic rings. The lowest BCUT2D eigenvalue weighted by atomic mass is 10.1. The Balaban J connectivity index is 2.33. The fourth-order valence-electron chi connectivity index (χ4n) is 1.72. The van der Waals surface area contributed by atoms with Gasteiger partial charge < -0.3 is 10.4 Å². The fourth-order valence-corrected chi connectivity index (χ4v) is 2.07. The van der Waals surface area contributed by atoms with Crippen LogP contribution in [0, 0.1) is 13.8 Å². The number of anilines is 1. The molecule has 21 heavy (non-hydrogen) atoms. The molecule has 2 rings (SSSR count). The lowest BCUT2D eigenvalue weighted by Crippen LogP contribution is -2.16. The molecule has 1 heterocycles. The number of hydrogen-bond acceptors (Lipinski definition) is 4. The van der Waals surface area contributed by atoms with Crippen molar-refractivity contribution in [2.24, 2.45) is 0 Å². The van der Waals surface area contributed by atoms with Crippen molar-refractivity contribution in [1.82, 2.24) is 10.2 Å². The number of aryl methyl sites for hydroxylation is 2. The Morgan fingerprint density at radius 1 is 1.19 bits per heavy atom. The van der Waals surface area contributed by atoms with E-state index in [1.807, 2.05) is 0 Å². The first-order valence-corrected chi connectivity index (χ1v) is 6.83. The number of benzene rings is 1. The molecule has 0 saturated carbocycles. The van der Waals surface area contributed by atoms with Crippen molar-refractivity contribution in [2.75, 3.05) is 5.32 Å². The molecule has 0 saturated heterocycles. The molecule has 2 N–H and O–H groups in total. The number of carboxylic acids is 1. The maximum absolute atomic E-state index is 12.3. The Bertz CT molecular complexity index is 731.